The molecule has 0 unspecified atom stereocenters. The molecule has 0 radical (unpaired) electrons. The SMILES string of the molecule is O=C(c1cnc(C2CC2)nc1)N1CCNC[C@H]1c1ccccc1. The van der Waals surface area contributed by atoms with Crippen LogP contribution < -0.4 is 5.32 Å². The first-order chi connectivity index (χ1) is 11.3. The molecule has 0 bridgehead atoms. The van der Waals surface area contributed by atoms with Gasteiger partial charge in [-0.05, 0) is 18.4 Å². The molecule has 118 valence electrons. The van der Waals surface area contributed by atoms with Crippen molar-refractivity contribution in [1.29, 1.82) is 0 Å². The summed E-state index contributed by atoms with van der Waals surface area (Å²) < 4.78 is 0. The molecule has 4 rings (SSSR count). The summed E-state index contributed by atoms with van der Waals surface area (Å²) in [5.74, 6) is 1.40. The zero-order chi connectivity index (χ0) is 15.6. The summed E-state index contributed by atoms with van der Waals surface area (Å²) in [6, 6.07) is 10.2. The molecule has 23 heavy (non-hydrogen) atoms. The Morgan fingerprint density at radius 3 is 2.57 bits per heavy atom. The van der Waals surface area contributed by atoms with Gasteiger partial charge in [-0.1, -0.05) is 30.3 Å². The van der Waals surface area contributed by atoms with Crippen LogP contribution in [0.15, 0.2) is 42.7 Å². The first-order valence-corrected chi connectivity index (χ1v) is 8.21. The Labute approximate surface area is 135 Å². The van der Waals surface area contributed by atoms with E-state index in [1.54, 1.807) is 12.4 Å². The predicted molar refractivity (Wildman–Crippen MR) is 87.1 cm³/mol. The van der Waals surface area contributed by atoms with Crippen LogP contribution in [0.5, 0.6) is 0 Å². The summed E-state index contributed by atoms with van der Waals surface area (Å²) in [7, 11) is 0. The van der Waals surface area contributed by atoms with E-state index in [-0.39, 0.29) is 11.9 Å². The van der Waals surface area contributed by atoms with Gasteiger partial charge < -0.3 is 10.2 Å². The lowest BCUT2D eigenvalue weighted by Gasteiger charge is -2.36. The van der Waals surface area contributed by atoms with E-state index < -0.39 is 0 Å². The van der Waals surface area contributed by atoms with Gasteiger partial charge in [-0.25, -0.2) is 9.97 Å². The van der Waals surface area contributed by atoms with Crippen molar-refractivity contribution in [3.8, 4) is 0 Å². The number of hydrogen-bond donors (Lipinski definition) is 1. The van der Waals surface area contributed by atoms with E-state index in [0.717, 1.165) is 24.5 Å². The second-order valence-corrected chi connectivity index (χ2v) is 6.23. The number of carbonyl (C=O) groups is 1. The summed E-state index contributed by atoms with van der Waals surface area (Å²) in [6.07, 6.45) is 5.71. The van der Waals surface area contributed by atoms with Crippen molar-refractivity contribution in [3.63, 3.8) is 0 Å². The van der Waals surface area contributed by atoms with E-state index in [0.29, 0.717) is 18.0 Å². The molecule has 5 nitrogen and oxygen atoms in total. The number of piperazine rings is 1. The molecule has 1 aromatic heterocycles. The number of nitrogens with zero attached hydrogens (tertiary/aromatic N) is 3. The quantitative estimate of drug-likeness (QED) is 0.944. The number of benzene rings is 1. The van der Waals surface area contributed by atoms with Gasteiger partial charge >= 0.3 is 0 Å². The van der Waals surface area contributed by atoms with Crippen molar-refractivity contribution < 1.29 is 4.79 Å². The van der Waals surface area contributed by atoms with Crippen LogP contribution >= 0.6 is 0 Å². The summed E-state index contributed by atoms with van der Waals surface area (Å²) in [5, 5.41) is 3.38. The van der Waals surface area contributed by atoms with Crippen molar-refractivity contribution in [3.05, 3.63) is 59.7 Å². The summed E-state index contributed by atoms with van der Waals surface area (Å²) in [6.45, 7) is 2.29. The molecule has 1 saturated carbocycles. The van der Waals surface area contributed by atoms with Crippen LogP contribution in [0.3, 0.4) is 0 Å². The molecular weight excluding hydrogens is 288 g/mol. The number of rotatable bonds is 3. The lowest BCUT2D eigenvalue weighted by atomic mass is 10.0. The lowest BCUT2D eigenvalue weighted by Crippen LogP contribution is -2.48. The highest BCUT2D eigenvalue weighted by molar-refractivity contribution is 5.94. The van der Waals surface area contributed by atoms with Crippen LogP contribution in [0, 0.1) is 0 Å². The normalized spacial score (nSPS) is 21.2. The molecule has 5 heteroatoms. The van der Waals surface area contributed by atoms with E-state index in [9.17, 15) is 4.79 Å². The minimum Gasteiger partial charge on any atom is -0.329 e. The fourth-order valence-electron chi connectivity index (χ4n) is 3.09. The van der Waals surface area contributed by atoms with Crippen molar-refractivity contribution in [2.45, 2.75) is 24.8 Å². The zero-order valence-corrected chi connectivity index (χ0v) is 13.0. The van der Waals surface area contributed by atoms with E-state index in [2.05, 4.69) is 27.4 Å². The van der Waals surface area contributed by atoms with Gasteiger partial charge in [-0.3, -0.25) is 4.79 Å². The molecular formula is C18H20N4O. The number of amides is 1. The molecule has 1 N–H and O–H groups in total. The van der Waals surface area contributed by atoms with Crippen LogP contribution in [0.1, 0.15) is 46.5 Å². The Balaban J connectivity index is 1.57. The maximum absolute atomic E-state index is 12.9. The van der Waals surface area contributed by atoms with Gasteiger partial charge in [0.25, 0.3) is 5.91 Å². The van der Waals surface area contributed by atoms with Gasteiger partial charge in [-0.2, -0.15) is 0 Å². The molecule has 1 aromatic carbocycles. The topological polar surface area (TPSA) is 58.1 Å². The van der Waals surface area contributed by atoms with Crippen molar-refractivity contribution >= 4 is 5.91 Å². The second kappa shape index (κ2) is 6.08. The maximum atomic E-state index is 12.9. The van der Waals surface area contributed by atoms with Crippen LogP contribution in [-0.2, 0) is 0 Å². The monoisotopic (exact) mass is 308 g/mol. The first kappa shape index (κ1) is 14.3. The average molecular weight is 308 g/mol. The summed E-state index contributed by atoms with van der Waals surface area (Å²) >= 11 is 0. The van der Waals surface area contributed by atoms with E-state index >= 15 is 0 Å². The van der Waals surface area contributed by atoms with E-state index in [1.807, 2.05) is 23.1 Å². The molecule has 2 aliphatic rings. The number of aromatic nitrogens is 2. The van der Waals surface area contributed by atoms with E-state index in [1.165, 1.54) is 12.8 Å². The van der Waals surface area contributed by atoms with Gasteiger partial charge in [0.05, 0.1) is 11.6 Å². The Bertz CT molecular complexity index is 682. The highest BCUT2D eigenvalue weighted by atomic mass is 16.2. The maximum Gasteiger partial charge on any atom is 0.257 e. The van der Waals surface area contributed by atoms with Gasteiger partial charge in [0.1, 0.15) is 5.82 Å². The van der Waals surface area contributed by atoms with Crippen LogP contribution in [0.4, 0.5) is 0 Å². The summed E-state index contributed by atoms with van der Waals surface area (Å²) in [4.78, 5) is 23.6. The van der Waals surface area contributed by atoms with E-state index in [4.69, 9.17) is 0 Å². The van der Waals surface area contributed by atoms with Crippen LogP contribution in [0.25, 0.3) is 0 Å². The fraction of sp³-hybridized carbons (Fsp3) is 0.389. The van der Waals surface area contributed by atoms with Gasteiger partial charge in [0, 0.05) is 37.9 Å². The largest absolute Gasteiger partial charge is 0.329 e. The Kier molecular flexibility index (Phi) is 3.79. The second-order valence-electron chi connectivity index (χ2n) is 6.23. The minimum absolute atomic E-state index is 0.0164. The first-order valence-electron chi connectivity index (χ1n) is 8.21. The summed E-state index contributed by atoms with van der Waals surface area (Å²) in [5.41, 5.74) is 1.74. The predicted octanol–water partition coefficient (Wildman–Crippen LogP) is 2.14. The average Bonchev–Trinajstić information content (AvgIpc) is 3.47. The third-order valence-corrected chi connectivity index (χ3v) is 4.55. The molecule has 1 saturated heterocycles. The molecule has 2 heterocycles. The standard InChI is InChI=1S/C18H20N4O/c23-18(15-10-20-17(21-11-15)14-6-7-14)22-9-8-19-12-16(22)13-4-2-1-3-5-13/h1-5,10-11,14,16,19H,6-9,12H2/t16-/m0/s1. The van der Waals surface area contributed by atoms with Crippen LogP contribution in [-0.4, -0.2) is 40.4 Å². The Morgan fingerprint density at radius 1 is 1.13 bits per heavy atom. The zero-order valence-electron chi connectivity index (χ0n) is 13.0. The smallest absolute Gasteiger partial charge is 0.257 e. The molecule has 1 amide bonds. The molecule has 1 aliphatic carbocycles. The molecule has 2 fully saturated rings. The fourth-order valence-corrected chi connectivity index (χ4v) is 3.09. The van der Waals surface area contributed by atoms with Crippen molar-refractivity contribution in [2.24, 2.45) is 0 Å². The number of hydrogen-bond acceptors (Lipinski definition) is 4. The molecule has 1 aliphatic heterocycles. The number of carbonyl (C=O) groups excluding carboxylic acids is 1. The lowest BCUT2D eigenvalue weighted by molar-refractivity contribution is 0.0633. The molecule has 0 spiro atoms. The molecule has 1 atom stereocenters. The van der Waals surface area contributed by atoms with Crippen molar-refractivity contribution in [1.82, 2.24) is 20.2 Å². The molecule has 2 aromatic rings. The van der Waals surface area contributed by atoms with Gasteiger partial charge in [-0.15, -0.1) is 0 Å². The highest BCUT2D eigenvalue weighted by Crippen LogP contribution is 2.37. The van der Waals surface area contributed by atoms with Gasteiger partial charge in [0.15, 0.2) is 0 Å². The third-order valence-electron chi connectivity index (χ3n) is 4.55. The highest BCUT2D eigenvalue weighted by Gasteiger charge is 2.30. The Morgan fingerprint density at radius 2 is 1.87 bits per heavy atom. The van der Waals surface area contributed by atoms with Crippen molar-refractivity contribution in [2.75, 3.05) is 19.6 Å². The third kappa shape index (κ3) is 2.97. The van der Waals surface area contributed by atoms with Crippen LogP contribution in [0.2, 0.25) is 0 Å². The Hall–Kier alpha value is -2.27. The number of nitrogens with one attached hydrogen (secondary N) is 1. The minimum atomic E-state index is 0.0164. The van der Waals surface area contributed by atoms with Gasteiger partial charge in [0.2, 0.25) is 0 Å².